The third kappa shape index (κ3) is 3.72. The predicted octanol–water partition coefficient (Wildman–Crippen LogP) is 3.32. The third-order valence-electron chi connectivity index (χ3n) is 2.96. The second-order valence-electron chi connectivity index (χ2n) is 4.15. The molecule has 0 saturated heterocycles. The van der Waals surface area contributed by atoms with E-state index in [2.05, 4.69) is 16.7 Å². The normalized spacial score (nSPS) is 10.2. The average Bonchev–Trinajstić information content (AvgIpc) is 2.45. The number of hydrogen-bond donors (Lipinski definition) is 0. The minimum Gasteiger partial charge on any atom is -0.493 e. The number of para-hydroxylation sites is 1. The molecule has 20 heavy (non-hydrogen) atoms. The Bertz CT molecular complexity index is 597. The molecule has 0 N–H and O–H groups in total. The van der Waals surface area contributed by atoms with Gasteiger partial charge in [-0.1, -0.05) is 12.1 Å². The minimum absolute atomic E-state index is 0. The van der Waals surface area contributed by atoms with Crippen LogP contribution in [-0.2, 0) is 7.05 Å². The lowest BCUT2D eigenvalue weighted by molar-refractivity contribution is -0.673. The largest absolute Gasteiger partial charge is 0.493 e. The van der Waals surface area contributed by atoms with Gasteiger partial charge in [0, 0.05) is 23.8 Å². The van der Waals surface area contributed by atoms with Crippen molar-refractivity contribution >= 4 is 36.1 Å². The maximum atomic E-state index is 5.40. The van der Waals surface area contributed by atoms with E-state index in [4.69, 9.17) is 9.47 Å². The zero-order valence-electron chi connectivity index (χ0n) is 11.9. The van der Waals surface area contributed by atoms with E-state index < -0.39 is 0 Å². The smallest absolute Gasteiger partial charge is 0.204 e. The number of aryl methyl sites for hydroxylation is 1. The molecule has 106 valence electrons. The van der Waals surface area contributed by atoms with E-state index in [9.17, 15) is 0 Å². The van der Waals surface area contributed by atoms with Crippen molar-refractivity contribution in [1.82, 2.24) is 0 Å². The SMILES string of the molecule is COc1cccc(/C=C/c2cccc[n+]2C)c1OC.I. The number of nitrogens with zero attached hydrogens (tertiary/aromatic N) is 1. The Labute approximate surface area is 136 Å². The highest BCUT2D eigenvalue weighted by atomic mass is 127. The number of methoxy groups -OCH3 is 2. The van der Waals surface area contributed by atoms with Crippen molar-refractivity contribution in [3.05, 3.63) is 53.9 Å². The zero-order chi connectivity index (χ0) is 13.7. The standard InChI is InChI=1S/C16H18NO2.HI/c1-17-12-5-4-8-14(17)11-10-13-7-6-9-15(18-2)16(13)19-3;/h4-12H,1-3H3;1H/q+1;/b11-10+;. The molecule has 3 nitrogen and oxygen atoms in total. The van der Waals surface area contributed by atoms with Gasteiger partial charge in [-0.15, -0.1) is 24.0 Å². The van der Waals surface area contributed by atoms with Crippen LogP contribution in [0.4, 0.5) is 0 Å². The van der Waals surface area contributed by atoms with Crippen LogP contribution in [0, 0.1) is 0 Å². The number of rotatable bonds is 4. The molecule has 0 fully saturated rings. The first-order valence-corrected chi connectivity index (χ1v) is 6.10. The van der Waals surface area contributed by atoms with E-state index in [-0.39, 0.29) is 24.0 Å². The first-order chi connectivity index (χ1) is 9.26. The van der Waals surface area contributed by atoms with Crippen LogP contribution in [0.1, 0.15) is 11.3 Å². The first kappa shape index (κ1) is 16.5. The van der Waals surface area contributed by atoms with Crippen LogP contribution in [0.2, 0.25) is 0 Å². The summed E-state index contributed by atoms with van der Waals surface area (Å²) in [5, 5.41) is 0. The van der Waals surface area contributed by atoms with Gasteiger partial charge in [0.05, 0.1) is 14.2 Å². The van der Waals surface area contributed by atoms with Crippen molar-refractivity contribution in [2.75, 3.05) is 14.2 Å². The monoisotopic (exact) mass is 384 g/mol. The number of hydrogen-bond acceptors (Lipinski definition) is 2. The van der Waals surface area contributed by atoms with Crippen LogP contribution in [0.3, 0.4) is 0 Å². The van der Waals surface area contributed by atoms with Crippen LogP contribution in [0.25, 0.3) is 12.2 Å². The Balaban J connectivity index is 0.00000200. The molecule has 0 aliphatic rings. The van der Waals surface area contributed by atoms with E-state index in [1.807, 2.05) is 49.7 Å². The summed E-state index contributed by atoms with van der Waals surface area (Å²) in [5.41, 5.74) is 2.11. The van der Waals surface area contributed by atoms with Gasteiger partial charge in [-0.2, -0.15) is 0 Å². The lowest BCUT2D eigenvalue weighted by Gasteiger charge is -2.09. The predicted molar refractivity (Wildman–Crippen MR) is 91.5 cm³/mol. The van der Waals surface area contributed by atoms with Gasteiger partial charge in [0.1, 0.15) is 7.05 Å². The fourth-order valence-electron chi connectivity index (χ4n) is 1.93. The molecule has 1 heterocycles. The summed E-state index contributed by atoms with van der Waals surface area (Å²) in [7, 11) is 5.31. The summed E-state index contributed by atoms with van der Waals surface area (Å²) < 4.78 is 12.8. The Kier molecular flexibility index (Phi) is 6.51. The molecule has 1 aromatic heterocycles. The number of aromatic nitrogens is 1. The Morgan fingerprint density at radius 1 is 0.950 bits per heavy atom. The minimum atomic E-state index is 0. The maximum absolute atomic E-state index is 5.40. The highest BCUT2D eigenvalue weighted by molar-refractivity contribution is 14.0. The van der Waals surface area contributed by atoms with Crippen molar-refractivity contribution < 1.29 is 14.0 Å². The fourth-order valence-corrected chi connectivity index (χ4v) is 1.93. The van der Waals surface area contributed by atoms with Gasteiger partial charge >= 0.3 is 0 Å². The summed E-state index contributed by atoms with van der Waals surface area (Å²) in [6.45, 7) is 0. The van der Waals surface area contributed by atoms with Gasteiger partial charge in [0.2, 0.25) is 5.69 Å². The van der Waals surface area contributed by atoms with Crippen LogP contribution in [0.5, 0.6) is 11.5 Å². The lowest BCUT2D eigenvalue weighted by Crippen LogP contribution is -2.30. The molecule has 1 aromatic carbocycles. The molecule has 0 radical (unpaired) electrons. The van der Waals surface area contributed by atoms with Crippen LogP contribution < -0.4 is 14.0 Å². The second kappa shape index (κ2) is 7.89. The lowest BCUT2D eigenvalue weighted by atomic mass is 10.1. The first-order valence-electron chi connectivity index (χ1n) is 6.10. The van der Waals surface area contributed by atoms with Crippen molar-refractivity contribution in [2.45, 2.75) is 0 Å². The maximum Gasteiger partial charge on any atom is 0.204 e. The summed E-state index contributed by atoms with van der Waals surface area (Å²) in [6.07, 6.45) is 6.09. The molecule has 0 atom stereocenters. The second-order valence-corrected chi connectivity index (χ2v) is 4.15. The Morgan fingerprint density at radius 3 is 2.40 bits per heavy atom. The van der Waals surface area contributed by atoms with Crippen molar-refractivity contribution in [1.29, 1.82) is 0 Å². The van der Waals surface area contributed by atoms with Gasteiger partial charge in [0.25, 0.3) is 0 Å². The van der Waals surface area contributed by atoms with Crippen molar-refractivity contribution in [2.24, 2.45) is 7.05 Å². The van der Waals surface area contributed by atoms with E-state index in [0.29, 0.717) is 0 Å². The topological polar surface area (TPSA) is 22.3 Å². The van der Waals surface area contributed by atoms with E-state index >= 15 is 0 Å². The van der Waals surface area contributed by atoms with Crippen LogP contribution in [-0.4, -0.2) is 14.2 Å². The van der Waals surface area contributed by atoms with Crippen LogP contribution in [0.15, 0.2) is 42.6 Å². The number of benzene rings is 1. The molecule has 2 aromatic rings. The molecule has 4 heteroatoms. The van der Waals surface area contributed by atoms with E-state index in [1.54, 1.807) is 14.2 Å². The molecule has 0 aliphatic carbocycles. The average molecular weight is 384 g/mol. The van der Waals surface area contributed by atoms with Crippen LogP contribution >= 0.6 is 24.0 Å². The molecule has 0 bridgehead atoms. The molecular formula is C16H19INO2+. The number of pyridine rings is 1. The Morgan fingerprint density at radius 2 is 1.75 bits per heavy atom. The van der Waals surface area contributed by atoms with E-state index in [0.717, 1.165) is 22.8 Å². The molecule has 0 spiro atoms. The zero-order valence-corrected chi connectivity index (χ0v) is 14.2. The van der Waals surface area contributed by atoms with E-state index in [1.165, 1.54) is 0 Å². The molecule has 2 rings (SSSR count). The van der Waals surface area contributed by atoms with Crippen molar-refractivity contribution in [3.8, 4) is 11.5 Å². The van der Waals surface area contributed by atoms with Gasteiger partial charge in [-0.3, -0.25) is 0 Å². The summed E-state index contributed by atoms with van der Waals surface area (Å²) in [5.74, 6) is 1.49. The van der Waals surface area contributed by atoms with Gasteiger partial charge < -0.3 is 9.47 Å². The fraction of sp³-hybridized carbons (Fsp3) is 0.188. The van der Waals surface area contributed by atoms with Gasteiger partial charge in [-0.25, -0.2) is 4.57 Å². The molecule has 0 amide bonds. The number of ether oxygens (including phenoxy) is 2. The summed E-state index contributed by atoms with van der Waals surface area (Å²) in [6, 6.07) is 11.9. The Hall–Kier alpha value is -1.56. The quantitative estimate of drug-likeness (QED) is 0.596. The highest BCUT2D eigenvalue weighted by Crippen LogP contribution is 2.31. The highest BCUT2D eigenvalue weighted by Gasteiger charge is 2.07. The van der Waals surface area contributed by atoms with Gasteiger partial charge in [0.15, 0.2) is 17.7 Å². The summed E-state index contributed by atoms with van der Waals surface area (Å²) in [4.78, 5) is 0. The molecular weight excluding hydrogens is 365 g/mol. The summed E-state index contributed by atoms with van der Waals surface area (Å²) >= 11 is 0. The third-order valence-corrected chi connectivity index (χ3v) is 2.96. The van der Waals surface area contributed by atoms with Crippen molar-refractivity contribution in [3.63, 3.8) is 0 Å². The molecule has 0 saturated carbocycles. The molecule has 0 aliphatic heterocycles. The molecule has 0 unspecified atom stereocenters. The van der Waals surface area contributed by atoms with Gasteiger partial charge in [-0.05, 0) is 18.2 Å². The number of halogens is 1.